The zero-order valence-corrected chi connectivity index (χ0v) is 4.35. The molecule has 0 heterocycles. The van der Waals surface area contributed by atoms with Crippen LogP contribution in [0.3, 0.4) is 0 Å². The van der Waals surface area contributed by atoms with Crippen molar-refractivity contribution in [3.05, 3.63) is 0 Å². The highest BCUT2D eigenvalue weighted by molar-refractivity contribution is 7.74. The van der Waals surface area contributed by atoms with Crippen LogP contribution in [0.2, 0.25) is 0 Å². The molecule has 5 heteroatoms. The van der Waals surface area contributed by atoms with E-state index in [1.165, 1.54) is 0 Å². The normalized spacial score (nSPS) is 14.0. The van der Waals surface area contributed by atoms with Crippen LogP contribution in [0.25, 0.3) is 0 Å². The number of rotatable bonds is 3. The molecule has 4 nitrogen and oxygen atoms in total. The third kappa shape index (κ3) is 6.03. The second kappa shape index (κ2) is 4.20. The van der Waals surface area contributed by atoms with Crippen LogP contribution >= 0.6 is 0 Å². The molecule has 0 bridgehead atoms. The lowest BCUT2D eigenvalue weighted by atomic mass is 10.8. The maximum Gasteiger partial charge on any atom is 0.301 e. The Hall–Kier alpha value is 0.0300. The van der Waals surface area contributed by atoms with Crippen LogP contribution < -0.4 is 0 Å². The molecule has 1 atom stereocenters. The molecule has 0 aliphatic rings. The minimum Gasteiger partial charge on any atom is -0.394 e. The summed E-state index contributed by atoms with van der Waals surface area (Å²) in [5.74, 6) is 0. The summed E-state index contributed by atoms with van der Waals surface area (Å²) in [5, 5.41) is 7.94. The average molecular weight is 126 g/mol. The van der Waals surface area contributed by atoms with Gasteiger partial charge < -0.3 is 5.11 Å². The summed E-state index contributed by atoms with van der Waals surface area (Å²) in [6.07, 6.45) is 0. The first-order valence-electron chi connectivity index (χ1n) is 1.62. The molecule has 2 N–H and O–H groups in total. The first-order chi connectivity index (χ1) is 3.27. The van der Waals surface area contributed by atoms with Crippen LogP contribution in [0.4, 0.5) is 0 Å². The molecule has 0 spiro atoms. The van der Waals surface area contributed by atoms with E-state index in [-0.39, 0.29) is 13.2 Å². The van der Waals surface area contributed by atoms with Crippen molar-refractivity contribution in [2.24, 2.45) is 0 Å². The van der Waals surface area contributed by atoms with Gasteiger partial charge in [-0.3, -0.25) is 8.74 Å². The number of aliphatic hydroxyl groups is 1. The molecule has 0 aromatic carbocycles. The zero-order chi connectivity index (χ0) is 5.70. The van der Waals surface area contributed by atoms with Crippen molar-refractivity contribution in [3.63, 3.8) is 0 Å². The van der Waals surface area contributed by atoms with Crippen LogP contribution in [0.1, 0.15) is 0 Å². The molecular formula is C2H6O4S. The monoisotopic (exact) mass is 126 g/mol. The molecule has 0 aromatic rings. The molecule has 7 heavy (non-hydrogen) atoms. The predicted molar refractivity (Wildman–Crippen MR) is 23.8 cm³/mol. The van der Waals surface area contributed by atoms with Gasteiger partial charge in [0.15, 0.2) is 0 Å². The third-order valence-corrected chi connectivity index (χ3v) is 0.644. The molecule has 1 unspecified atom stereocenters. The van der Waals surface area contributed by atoms with Gasteiger partial charge in [0.25, 0.3) is 0 Å². The van der Waals surface area contributed by atoms with Crippen LogP contribution in [-0.2, 0) is 15.5 Å². The van der Waals surface area contributed by atoms with Crippen LogP contribution in [0.5, 0.6) is 0 Å². The Kier molecular flexibility index (Phi) is 4.21. The summed E-state index contributed by atoms with van der Waals surface area (Å²) in [4.78, 5) is 0. The van der Waals surface area contributed by atoms with Gasteiger partial charge in [-0.2, -0.15) is 4.21 Å². The summed E-state index contributed by atoms with van der Waals surface area (Å²) in [5.41, 5.74) is 0. The Balaban J connectivity index is 2.82. The van der Waals surface area contributed by atoms with Gasteiger partial charge >= 0.3 is 11.4 Å². The van der Waals surface area contributed by atoms with Crippen molar-refractivity contribution < 1.29 is 18.1 Å². The Morgan fingerprint density at radius 2 is 2.29 bits per heavy atom. The van der Waals surface area contributed by atoms with Crippen LogP contribution in [0, 0.1) is 0 Å². The van der Waals surface area contributed by atoms with Gasteiger partial charge in [-0.05, 0) is 0 Å². The van der Waals surface area contributed by atoms with E-state index in [0.29, 0.717) is 0 Å². The standard InChI is InChI=1S/C2H6O4S/c3-1-2-6-7(4)5/h3H,1-2H2,(H,4,5). The van der Waals surface area contributed by atoms with Gasteiger partial charge in [0, 0.05) is 0 Å². The quantitative estimate of drug-likeness (QED) is 0.482. The molecule has 0 aromatic heterocycles. The highest BCUT2D eigenvalue weighted by atomic mass is 32.2. The molecule has 0 aliphatic carbocycles. The maximum atomic E-state index is 9.54. The SMILES string of the molecule is O=S(O)OCCO. The second-order valence-corrected chi connectivity index (χ2v) is 1.43. The van der Waals surface area contributed by atoms with Crippen LogP contribution in [-0.4, -0.2) is 27.1 Å². The van der Waals surface area contributed by atoms with E-state index in [4.69, 9.17) is 9.66 Å². The number of hydrogen-bond acceptors (Lipinski definition) is 3. The fraction of sp³-hybridized carbons (Fsp3) is 1.00. The van der Waals surface area contributed by atoms with Gasteiger partial charge in [-0.25, -0.2) is 0 Å². The second-order valence-electron chi connectivity index (χ2n) is 0.763. The molecule has 44 valence electrons. The fourth-order valence-corrected chi connectivity index (χ4v) is 0.326. The Morgan fingerprint density at radius 3 is 2.43 bits per heavy atom. The lowest BCUT2D eigenvalue weighted by Crippen LogP contribution is -2.00. The fourth-order valence-electron chi connectivity index (χ4n) is 0.109. The van der Waals surface area contributed by atoms with E-state index in [2.05, 4.69) is 4.18 Å². The van der Waals surface area contributed by atoms with Crippen molar-refractivity contribution in [1.29, 1.82) is 0 Å². The molecule has 0 aliphatic heterocycles. The Labute approximate surface area is 43.6 Å². The number of hydrogen-bond donors (Lipinski definition) is 2. The molecule has 0 rings (SSSR count). The zero-order valence-electron chi connectivity index (χ0n) is 3.53. The van der Waals surface area contributed by atoms with E-state index in [0.717, 1.165) is 0 Å². The van der Waals surface area contributed by atoms with Gasteiger partial charge in [0.1, 0.15) is 0 Å². The minimum absolute atomic E-state index is 0.0941. The van der Waals surface area contributed by atoms with Crippen molar-refractivity contribution in [3.8, 4) is 0 Å². The molecule has 0 saturated heterocycles. The summed E-state index contributed by atoms with van der Waals surface area (Å²) in [6, 6.07) is 0. The van der Waals surface area contributed by atoms with Crippen molar-refractivity contribution >= 4 is 11.4 Å². The van der Waals surface area contributed by atoms with Crippen molar-refractivity contribution in [2.45, 2.75) is 0 Å². The summed E-state index contributed by atoms with van der Waals surface area (Å²) in [6.45, 7) is -0.324. The minimum atomic E-state index is -2.23. The van der Waals surface area contributed by atoms with E-state index in [9.17, 15) is 4.21 Å². The van der Waals surface area contributed by atoms with E-state index < -0.39 is 11.4 Å². The number of aliphatic hydroxyl groups excluding tert-OH is 1. The van der Waals surface area contributed by atoms with E-state index in [1.807, 2.05) is 0 Å². The molecule has 0 saturated carbocycles. The first kappa shape index (κ1) is 7.03. The summed E-state index contributed by atoms with van der Waals surface area (Å²) < 4.78 is 21.3. The van der Waals surface area contributed by atoms with E-state index >= 15 is 0 Å². The maximum absolute atomic E-state index is 9.54. The topological polar surface area (TPSA) is 66.8 Å². The largest absolute Gasteiger partial charge is 0.394 e. The highest BCUT2D eigenvalue weighted by Gasteiger charge is 1.87. The lowest BCUT2D eigenvalue weighted by Gasteiger charge is -1.89. The van der Waals surface area contributed by atoms with Gasteiger partial charge in [-0.1, -0.05) is 0 Å². The summed E-state index contributed by atoms with van der Waals surface area (Å²) >= 11 is -2.23. The van der Waals surface area contributed by atoms with Gasteiger partial charge in [0.2, 0.25) is 0 Å². The Morgan fingerprint density at radius 1 is 1.71 bits per heavy atom. The van der Waals surface area contributed by atoms with Crippen LogP contribution in [0.15, 0.2) is 0 Å². The highest BCUT2D eigenvalue weighted by Crippen LogP contribution is 1.74. The first-order valence-corrected chi connectivity index (χ1v) is 2.65. The molecule has 0 radical (unpaired) electrons. The molecule has 0 fully saturated rings. The van der Waals surface area contributed by atoms with Gasteiger partial charge in [-0.15, -0.1) is 0 Å². The van der Waals surface area contributed by atoms with Crippen molar-refractivity contribution in [1.82, 2.24) is 0 Å². The Bertz CT molecular complexity index is 62.7. The van der Waals surface area contributed by atoms with E-state index in [1.54, 1.807) is 0 Å². The third-order valence-electron chi connectivity index (χ3n) is 0.275. The summed E-state index contributed by atoms with van der Waals surface area (Å²) in [7, 11) is 0. The molecular weight excluding hydrogens is 120 g/mol. The van der Waals surface area contributed by atoms with Crippen molar-refractivity contribution in [2.75, 3.05) is 13.2 Å². The average Bonchev–Trinajstić information content (AvgIpc) is 1.61. The van der Waals surface area contributed by atoms with Gasteiger partial charge in [0.05, 0.1) is 13.2 Å². The smallest absolute Gasteiger partial charge is 0.301 e. The molecule has 0 amide bonds. The predicted octanol–water partition coefficient (Wildman–Crippen LogP) is -0.868. The lowest BCUT2D eigenvalue weighted by molar-refractivity contribution is 0.202.